The van der Waals surface area contributed by atoms with Gasteiger partial charge in [-0.1, -0.05) is 19.3 Å². The molecule has 0 bridgehead atoms. The van der Waals surface area contributed by atoms with Gasteiger partial charge in [0.25, 0.3) is 5.69 Å². The molecule has 2 rings (SSSR count). The normalized spacial score (nSPS) is 18.8. The van der Waals surface area contributed by atoms with Crippen molar-refractivity contribution in [3.63, 3.8) is 0 Å². The lowest BCUT2D eigenvalue weighted by atomic mass is 9.98. The Labute approximate surface area is 142 Å². The number of benzene rings is 1. The summed E-state index contributed by atoms with van der Waals surface area (Å²) < 4.78 is 50.2. The molecule has 1 atom stereocenters. The zero-order valence-corrected chi connectivity index (χ0v) is 14.6. The molecule has 1 aliphatic rings. The maximum atomic E-state index is 13.0. The van der Waals surface area contributed by atoms with Gasteiger partial charge in [-0.05, 0) is 36.8 Å². The zero-order valence-electron chi connectivity index (χ0n) is 12.9. The second-order valence-corrected chi connectivity index (χ2v) is 9.59. The quantitative estimate of drug-likeness (QED) is 0.393. The maximum Gasteiger partial charge on any atom is 0.423 e. The van der Waals surface area contributed by atoms with Crippen LogP contribution in [0.15, 0.2) is 18.2 Å². The topological polar surface area (TPSA) is 61.6 Å². The van der Waals surface area contributed by atoms with Crippen LogP contribution < -0.4 is 4.52 Å². The molecule has 0 saturated heterocycles. The average Bonchev–Trinajstić information content (AvgIpc) is 2.46. The summed E-state index contributed by atoms with van der Waals surface area (Å²) in [5.74, 6) is -0.172. The van der Waals surface area contributed by atoms with Crippen LogP contribution in [0.4, 0.5) is 18.9 Å². The average molecular weight is 383 g/mol. The summed E-state index contributed by atoms with van der Waals surface area (Å²) in [4.78, 5) is 9.68. The molecule has 0 radical (unpaired) electrons. The van der Waals surface area contributed by atoms with Gasteiger partial charge in [-0.3, -0.25) is 10.1 Å². The van der Waals surface area contributed by atoms with Crippen LogP contribution in [0.1, 0.15) is 37.7 Å². The molecule has 1 aromatic rings. The molecule has 0 aromatic heterocycles. The van der Waals surface area contributed by atoms with Gasteiger partial charge in [0.05, 0.1) is 11.0 Å². The largest absolute Gasteiger partial charge is 0.444 e. The molecule has 0 heterocycles. The predicted molar refractivity (Wildman–Crippen MR) is 86.9 cm³/mol. The lowest BCUT2D eigenvalue weighted by molar-refractivity contribution is -0.388. The molecular formula is C14H17F3NO4PS. The number of hydrogen-bond acceptors (Lipinski definition) is 5. The van der Waals surface area contributed by atoms with E-state index in [0.29, 0.717) is 6.07 Å². The van der Waals surface area contributed by atoms with E-state index in [9.17, 15) is 23.3 Å². The molecular weight excluding hydrogens is 366 g/mol. The third-order valence-electron chi connectivity index (χ3n) is 3.63. The third-order valence-corrected chi connectivity index (χ3v) is 5.34. The molecule has 1 aliphatic carbocycles. The van der Waals surface area contributed by atoms with Crippen molar-refractivity contribution in [2.24, 2.45) is 0 Å². The standard InChI is InChI=1S/C14H17F3NO4PS/c1-23(24,21-10-5-3-2-4-6-10)22-11-7-8-13(18(19)20)12(9-11)14(15,16)17/h7-10H,2-6H2,1H3. The van der Waals surface area contributed by atoms with Crippen LogP contribution in [0.2, 0.25) is 0 Å². The van der Waals surface area contributed by atoms with E-state index in [1.54, 1.807) is 6.66 Å². The van der Waals surface area contributed by atoms with Crippen molar-refractivity contribution in [2.45, 2.75) is 44.4 Å². The smallest absolute Gasteiger partial charge is 0.423 e. The summed E-state index contributed by atoms with van der Waals surface area (Å²) in [5, 5.41) is 10.8. The van der Waals surface area contributed by atoms with E-state index in [1.165, 1.54) is 0 Å². The van der Waals surface area contributed by atoms with E-state index in [2.05, 4.69) is 0 Å². The van der Waals surface area contributed by atoms with E-state index in [4.69, 9.17) is 20.9 Å². The van der Waals surface area contributed by atoms with Crippen molar-refractivity contribution in [3.8, 4) is 5.75 Å². The summed E-state index contributed by atoms with van der Waals surface area (Å²) in [6, 6.07) is 2.49. The first-order chi connectivity index (χ1) is 11.1. The van der Waals surface area contributed by atoms with E-state index in [0.717, 1.165) is 44.2 Å². The fourth-order valence-corrected chi connectivity index (χ4v) is 4.53. The molecule has 1 unspecified atom stereocenters. The molecule has 0 spiro atoms. The van der Waals surface area contributed by atoms with Crippen LogP contribution >= 0.6 is 6.49 Å². The van der Waals surface area contributed by atoms with E-state index in [1.807, 2.05) is 0 Å². The lowest BCUT2D eigenvalue weighted by Crippen LogP contribution is -2.16. The lowest BCUT2D eigenvalue weighted by Gasteiger charge is -2.28. The monoisotopic (exact) mass is 383 g/mol. The minimum Gasteiger partial charge on any atom is -0.444 e. The van der Waals surface area contributed by atoms with Gasteiger partial charge in [-0.2, -0.15) is 13.2 Å². The van der Waals surface area contributed by atoms with E-state index < -0.39 is 28.8 Å². The number of rotatable bonds is 5. The fraction of sp³-hybridized carbons (Fsp3) is 0.571. The number of halogens is 3. The van der Waals surface area contributed by atoms with E-state index >= 15 is 0 Å². The van der Waals surface area contributed by atoms with Gasteiger partial charge in [-0.15, -0.1) is 0 Å². The van der Waals surface area contributed by atoms with E-state index in [-0.39, 0.29) is 11.9 Å². The van der Waals surface area contributed by atoms with Gasteiger partial charge in [0.15, 0.2) is 0 Å². The number of alkyl halides is 3. The van der Waals surface area contributed by atoms with Crippen LogP contribution in [-0.4, -0.2) is 17.7 Å². The minimum atomic E-state index is -4.86. The number of nitro benzene ring substituents is 1. The summed E-state index contributed by atoms with van der Waals surface area (Å²) >= 11 is 5.28. The first-order valence-corrected chi connectivity index (χ1v) is 10.5. The number of nitro groups is 1. The van der Waals surface area contributed by atoms with Crippen molar-refractivity contribution in [2.75, 3.05) is 6.66 Å². The van der Waals surface area contributed by atoms with Crippen LogP contribution in [0, 0.1) is 10.1 Å². The van der Waals surface area contributed by atoms with Gasteiger partial charge in [0.1, 0.15) is 11.3 Å². The molecule has 24 heavy (non-hydrogen) atoms. The molecule has 1 saturated carbocycles. The number of hydrogen-bond donors (Lipinski definition) is 0. The summed E-state index contributed by atoms with van der Waals surface area (Å²) in [6.07, 6.45) is -0.0270. The predicted octanol–water partition coefficient (Wildman–Crippen LogP) is 5.28. The Morgan fingerprint density at radius 2 is 1.92 bits per heavy atom. The summed E-state index contributed by atoms with van der Waals surface area (Å²) in [5.41, 5.74) is -2.38. The van der Waals surface area contributed by atoms with Crippen molar-refractivity contribution in [3.05, 3.63) is 33.9 Å². The Morgan fingerprint density at radius 3 is 2.46 bits per heavy atom. The molecule has 1 aromatic carbocycles. The molecule has 134 valence electrons. The van der Waals surface area contributed by atoms with Crippen LogP contribution in [0.5, 0.6) is 5.75 Å². The van der Waals surface area contributed by atoms with Gasteiger partial charge in [0, 0.05) is 12.7 Å². The highest BCUT2D eigenvalue weighted by Crippen LogP contribution is 2.49. The first-order valence-electron chi connectivity index (χ1n) is 7.39. The first kappa shape index (κ1) is 19.1. The van der Waals surface area contributed by atoms with Gasteiger partial charge in [-0.25, -0.2) is 0 Å². The highest BCUT2D eigenvalue weighted by molar-refractivity contribution is 8.09. The summed E-state index contributed by atoms with van der Waals surface area (Å²) in [7, 11) is 0. The van der Waals surface area contributed by atoms with Crippen molar-refractivity contribution in [1.82, 2.24) is 0 Å². The molecule has 0 aliphatic heterocycles. The Kier molecular flexibility index (Phi) is 5.88. The summed E-state index contributed by atoms with van der Waals surface area (Å²) in [6.45, 7) is -1.25. The second kappa shape index (κ2) is 7.37. The Bertz CT molecular complexity index is 662. The highest BCUT2D eigenvalue weighted by atomic mass is 32.5. The molecule has 1 fully saturated rings. The van der Waals surface area contributed by atoms with Gasteiger partial charge in [0.2, 0.25) is 6.49 Å². The zero-order chi connectivity index (χ0) is 18.0. The highest BCUT2D eigenvalue weighted by Gasteiger charge is 2.39. The Morgan fingerprint density at radius 1 is 1.29 bits per heavy atom. The van der Waals surface area contributed by atoms with Gasteiger partial charge < -0.3 is 9.05 Å². The second-order valence-electron chi connectivity index (χ2n) is 5.66. The maximum absolute atomic E-state index is 13.0. The molecule has 10 heteroatoms. The minimum absolute atomic E-state index is 0.0466. The molecule has 5 nitrogen and oxygen atoms in total. The van der Waals surface area contributed by atoms with Crippen LogP contribution in [0.25, 0.3) is 0 Å². The van der Waals surface area contributed by atoms with Crippen molar-refractivity contribution >= 4 is 24.0 Å². The SMILES string of the molecule is CP(=S)(Oc1ccc([N+](=O)[O-])c(C(F)(F)F)c1)OC1CCCCC1. The van der Waals surface area contributed by atoms with Crippen molar-refractivity contribution < 1.29 is 27.1 Å². The van der Waals surface area contributed by atoms with Gasteiger partial charge >= 0.3 is 6.18 Å². The van der Waals surface area contributed by atoms with Crippen LogP contribution in [0.3, 0.4) is 0 Å². The van der Waals surface area contributed by atoms with Crippen LogP contribution in [-0.2, 0) is 22.5 Å². The Balaban J connectivity index is 2.19. The molecule has 0 N–H and O–H groups in total. The Hall–Kier alpha value is -1.18. The third kappa shape index (κ3) is 5.16. The molecule has 0 amide bonds. The van der Waals surface area contributed by atoms with Crippen molar-refractivity contribution in [1.29, 1.82) is 0 Å². The number of nitrogens with zero attached hydrogens (tertiary/aromatic N) is 1. The fourth-order valence-electron chi connectivity index (χ4n) is 2.61.